The van der Waals surface area contributed by atoms with E-state index in [1.807, 2.05) is 12.3 Å². The number of nitrogens with one attached hydrogen (secondary N) is 3. The first kappa shape index (κ1) is 20.9. The molecule has 5 heteroatoms. The Labute approximate surface area is 173 Å². The van der Waals surface area contributed by atoms with Crippen molar-refractivity contribution in [1.82, 2.24) is 20.5 Å². The third-order valence-electron chi connectivity index (χ3n) is 5.46. The van der Waals surface area contributed by atoms with Crippen LogP contribution in [0.5, 0.6) is 0 Å². The SMILES string of the molecule is Cc1ccc2c(CCNC(=O)NCc3ccccc3CN(C)C(C)C)c[nH]c2c1. The number of aryl methyl sites for hydroxylation is 1. The number of hydrogen-bond acceptors (Lipinski definition) is 2. The minimum Gasteiger partial charge on any atom is -0.361 e. The summed E-state index contributed by atoms with van der Waals surface area (Å²) in [5.41, 5.74) is 6.01. The van der Waals surface area contributed by atoms with Crippen LogP contribution in [-0.4, -0.2) is 35.5 Å². The van der Waals surface area contributed by atoms with E-state index >= 15 is 0 Å². The van der Waals surface area contributed by atoms with E-state index in [0.717, 1.165) is 24.0 Å². The molecule has 1 heterocycles. The van der Waals surface area contributed by atoms with Crippen LogP contribution >= 0.6 is 0 Å². The molecular formula is C24H32N4O. The Kier molecular flexibility index (Phi) is 6.94. The van der Waals surface area contributed by atoms with Gasteiger partial charge in [-0.3, -0.25) is 4.90 Å². The third kappa shape index (κ3) is 5.61. The number of nitrogens with zero attached hydrogens (tertiary/aromatic N) is 1. The lowest BCUT2D eigenvalue weighted by atomic mass is 10.1. The van der Waals surface area contributed by atoms with Gasteiger partial charge in [-0.1, -0.05) is 36.4 Å². The van der Waals surface area contributed by atoms with E-state index in [0.29, 0.717) is 19.1 Å². The fourth-order valence-corrected chi connectivity index (χ4v) is 3.39. The highest BCUT2D eigenvalue weighted by molar-refractivity contribution is 5.83. The van der Waals surface area contributed by atoms with E-state index in [-0.39, 0.29) is 6.03 Å². The van der Waals surface area contributed by atoms with Crippen LogP contribution in [0.25, 0.3) is 10.9 Å². The van der Waals surface area contributed by atoms with Crippen LogP contribution in [-0.2, 0) is 19.5 Å². The molecule has 0 aliphatic rings. The van der Waals surface area contributed by atoms with Gasteiger partial charge in [0.15, 0.2) is 0 Å². The van der Waals surface area contributed by atoms with Crippen molar-refractivity contribution >= 4 is 16.9 Å². The van der Waals surface area contributed by atoms with Gasteiger partial charge in [0.2, 0.25) is 0 Å². The van der Waals surface area contributed by atoms with Gasteiger partial charge in [-0.25, -0.2) is 4.79 Å². The van der Waals surface area contributed by atoms with E-state index in [1.165, 1.54) is 22.1 Å². The van der Waals surface area contributed by atoms with E-state index in [9.17, 15) is 4.79 Å². The molecule has 2 aromatic carbocycles. The lowest BCUT2D eigenvalue weighted by Gasteiger charge is -2.22. The van der Waals surface area contributed by atoms with Crippen LogP contribution in [0.4, 0.5) is 4.79 Å². The summed E-state index contributed by atoms with van der Waals surface area (Å²) in [5.74, 6) is 0. The van der Waals surface area contributed by atoms with Crippen molar-refractivity contribution in [2.45, 2.75) is 46.3 Å². The fourth-order valence-electron chi connectivity index (χ4n) is 3.39. The first-order valence-corrected chi connectivity index (χ1v) is 10.3. The minimum absolute atomic E-state index is 0.132. The number of benzene rings is 2. The third-order valence-corrected chi connectivity index (χ3v) is 5.46. The smallest absolute Gasteiger partial charge is 0.315 e. The van der Waals surface area contributed by atoms with E-state index < -0.39 is 0 Å². The summed E-state index contributed by atoms with van der Waals surface area (Å²) in [6.07, 6.45) is 2.83. The molecule has 0 spiro atoms. The summed E-state index contributed by atoms with van der Waals surface area (Å²) < 4.78 is 0. The summed E-state index contributed by atoms with van der Waals surface area (Å²) in [7, 11) is 2.12. The summed E-state index contributed by atoms with van der Waals surface area (Å²) in [6.45, 7) is 8.46. The maximum atomic E-state index is 12.3. The molecule has 3 rings (SSSR count). The van der Waals surface area contributed by atoms with Crippen LogP contribution in [0.1, 0.15) is 36.1 Å². The minimum atomic E-state index is -0.132. The lowest BCUT2D eigenvalue weighted by Crippen LogP contribution is -2.36. The van der Waals surface area contributed by atoms with Crippen molar-refractivity contribution in [2.24, 2.45) is 0 Å². The van der Waals surface area contributed by atoms with Crippen molar-refractivity contribution in [3.8, 4) is 0 Å². The highest BCUT2D eigenvalue weighted by Crippen LogP contribution is 2.19. The predicted molar refractivity (Wildman–Crippen MR) is 120 cm³/mol. The molecule has 1 aromatic heterocycles. The standard InChI is InChI=1S/C24H32N4O/c1-17(2)28(4)16-21-8-6-5-7-19(21)14-27-24(29)25-12-11-20-15-26-23-13-18(3)9-10-22(20)23/h5-10,13,15,17,26H,11-12,14,16H2,1-4H3,(H2,25,27,29). The molecule has 3 N–H and O–H groups in total. The normalized spacial score (nSPS) is 11.4. The topological polar surface area (TPSA) is 60.2 Å². The largest absolute Gasteiger partial charge is 0.361 e. The highest BCUT2D eigenvalue weighted by Gasteiger charge is 2.09. The average Bonchev–Trinajstić information content (AvgIpc) is 3.09. The number of aromatic amines is 1. The Hall–Kier alpha value is -2.79. The van der Waals surface area contributed by atoms with Crippen LogP contribution in [0.2, 0.25) is 0 Å². The molecule has 0 saturated heterocycles. The van der Waals surface area contributed by atoms with Crippen LogP contribution in [0.3, 0.4) is 0 Å². The number of H-pyrrole nitrogens is 1. The van der Waals surface area contributed by atoms with Gasteiger partial charge in [0.05, 0.1) is 0 Å². The van der Waals surface area contributed by atoms with Crippen molar-refractivity contribution in [3.63, 3.8) is 0 Å². The fraction of sp³-hybridized carbons (Fsp3) is 0.375. The molecule has 0 bridgehead atoms. The zero-order valence-corrected chi connectivity index (χ0v) is 17.9. The number of carbonyl (C=O) groups excluding carboxylic acids is 1. The maximum Gasteiger partial charge on any atom is 0.315 e. The van der Waals surface area contributed by atoms with Crippen LogP contribution in [0, 0.1) is 6.92 Å². The molecule has 0 saturated carbocycles. The van der Waals surface area contributed by atoms with Gasteiger partial charge in [-0.2, -0.15) is 0 Å². The molecule has 0 atom stereocenters. The van der Waals surface area contributed by atoms with E-state index in [1.54, 1.807) is 0 Å². The molecule has 0 unspecified atom stereocenters. The second-order valence-electron chi connectivity index (χ2n) is 8.00. The maximum absolute atomic E-state index is 12.3. The Bertz CT molecular complexity index is 960. The molecule has 5 nitrogen and oxygen atoms in total. The van der Waals surface area contributed by atoms with Crippen molar-refractivity contribution in [2.75, 3.05) is 13.6 Å². The number of carbonyl (C=O) groups is 1. The molecule has 2 amide bonds. The van der Waals surface area contributed by atoms with Gasteiger partial charge in [-0.15, -0.1) is 0 Å². The molecule has 0 fully saturated rings. The van der Waals surface area contributed by atoms with Gasteiger partial charge in [-0.05, 0) is 62.6 Å². The quantitative estimate of drug-likeness (QED) is 0.533. The summed E-state index contributed by atoms with van der Waals surface area (Å²) in [6, 6.07) is 15.0. The first-order valence-electron chi connectivity index (χ1n) is 10.3. The molecule has 29 heavy (non-hydrogen) atoms. The second kappa shape index (κ2) is 9.61. The zero-order chi connectivity index (χ0) is 20.8. The van der Waals surface area contributed by atoms with Crippen molar-refractivity contribution < 1.29 is 4.79 Å². The van der Waals surface area contributed by atoms with Crippen molar-refractivity contribution in [3.05, 3.63) is 70.9 Å². The predicted octanol–water partition coefficient (Wildman–Crippen LogP) is 4.36. The number of hydrogen-bond donors (Lipinski definition) is 3. The lowest BCUT2D eigenvalue weighted by molar-refractivity contribution is 0.240. The number of urea groups is 1. The van der Waals surface area contributed by atoms with Crippen molar-refractivity contribution in [1.29, 1.82) is 0 Å². The highest BCUT2D eigenvalue weighted by atomic mass is 16.2. The average molecular weight is 393 g/mol. The monoisotopic (exact) mass is 392 g/mol. The number of rotatable bonds is 8. The van der Waals surface area contributed by atoms with Gasteiger partial charge in [0.1, 0.15) is 0 Å². The zero-order valence-electron chi connectivity index (χ0n) is 17.9. The van der Waals surface area contributed by atoms with Crippen LogP contribution in [0.15, 0.2) is 48.7 Å². The number of fused-ring (bicyclic) bond motifs is 1. The molecule has 0 aliphatic carbocycles. The molecule has 154 valence electrons. The molecule has 0 radical (unpaired) electrons. The summed E-state index contributed by atoms with van der Waals surface area (Å²) in [4.78, 5) is 17.9. The van der Waals surface area contributed by atoms with Gasteiger partial charge < -0.3 is 15.6 Å². The number of aromatic nitrogens is 1. The van der Waals surface area contributed by atoms with E-state index in [2.05, 4.69) is 84.7 Å². The molecular weight excluding hydrogens is 360 g/mol. The molecule has 3 aromatic rings. The summed E-state index contributed by atoms with van der Waals surface area (Å²) >= 11 is 0. The molecule has 0 aliphatic heterocycles. The Morgan fingerprint density at radius 1 is 1.07 bits per heavy atom. The Balaban J connectivity index is 1.49. The van der Waals surface area contributed by atoms with Crippen LogP contribution < -0.4 is 10.6 Å². The van der Waals surface area contributed by atoms with E-state index in [4.69, 9.17) is 0 Å². The van der Waals surface area contributed by atoms with Gasteiger partial charge in [0, 0.05) is 42.8 Å². The van der Waals surface area contributed by atoms with Gasteiger partial charge >= 0.3 is 6.03 Å². The Morgan fingerprint density at radius 2 is 1.83 bits per heavy atom. The first-order chi connectivity index (χ1) is 13.9. The van der Waals surface area contributed by atoms with Gasteiger partial charge in [0.25, 0.3) is 0 Å². The summed E-state index contributed by atoms with van der Waals surface area (Å²) in [5, 5.41) is 7.18. The second-order valence-corrected chi connectivity index (χ2v) is 8.00. The number of amides is 2. The Morgan fingerprint density at radius 3 is 2.59 bits per heavy atom.